The topological polar surface area (TPSA) is 46.6 Å². The van der Waals surface area contributed by atoms with E-state index in [1.165, 1.54) is 6.42 Å². The fourth-order valence-corrected chi connectivity index (χ4v) is 4.21. The van der Waals surface area contributed by atoms with Crippen molar-refractivity contribution in [1.29, 1.82) is 0 Å². The first-order valence-electron chi connectivity index (χ1n) is 9.98. The van der Waals surface area contributed by atoms with Crippen molar-refractivity contribution in [3.05, 3.63) is 60.2 Å². The SMILES string of the molecule is CN(C(=O)COC(=O)c1c2ccccc2cc2ccccc12)C1CCCCC1. The van der Waals surface area contributed by atoms with Crippen molar-refractivity contribution in [2.75, 3.05) is 13.7 Å². The van der Waals surface area contributed by atoms with E-state index in [0.29, 0.717) is 5.56 Å². The van der Waals surface area contributed by atoms with Crippen molar-refractivity contribution in [1.82, 2.24) is 4.90 Å². The molecular weight excluding hydrogens is 350 g/mol. The van der Waals surface area contributed by atoms with E-state index >= 15 is 0 Å². The van der Waals surface area contributed by atoms with Gasteiger partial charge >= 0.3 is 5.97 Å². The molecular formula is C24H25NO3. The fourth-order valence-electron chi connectivity index (χ4n) is 4.21. The molecule has 4 nitrogen and oxygen atoms in total. The Morgan fingerprint density at radius 2 is 1.50 bits per heavy atom. The number of carbonyl (C=O) groups excluding carboxylic acids is 2. The largest absolute Gasteiger partial charge is 0.452 e. The van der Waals surface area contributed by atoms with Crippen LogP contribution in [-0.2, 0) is 9.53 Å². The van der Waals surface area contributed by atoms with Crippen LogP contribution in [0.15, 0.2) is 54.6 Å². The lowest BCUT2D eigenvalue weighted by Gasteiger charge is -2.31. The minimum absolute atomic E-state index is 0.134. The zero-order valence-corrected chi connectivity index (χ0v) is 16.2. The zero-order valence-electron chi connectivity index (χ0n) is 16.2. The Morgan fingerprint density at radius 1 is 0.929 bits per heavy atom. The molecule has 0 spiro atoms. The molecule has 1 aliphatic rings. The Hall–Kier alpha value is -2.88. The van der Waals surface area contributed by atoms with Gasteiger partial charge < -0.3 is 9.64 Å². The summed E-state index contributed by atoms with van der Waals surface area (Å²) in [5, 5.41) is 3.66. The van der Waals surface area contributed by atoms with Crippen molar-refractivity contribution in [3.8, 4) is 0 Å². The predicted octanol–water partition coefficient (Wildman–Crippen LogP) is 4.94. The van der Waals surface area contributed by atoms with Crippen LogP contribution in [0.5, 0.6) is 0 Å². The van der Waals surface area contributed by atoms with Crippen molar-refractivity contribution in [3.63, 3.8) is 0 Å². The standard InChI is InChI=1S/C24H25NO3/c1-25(19-11-3-2-4-12-19)22(26)16-28-24(27)23-20-13-7-5-9-17(20)15-18-10-6-8-14-21(18)23/h5-10,13-15,19H,2-4,11-12,16H2,1H3. The second-order valence-electron chi connectivity index (χ2n) is 7.57. The predicted molar refractivity (Wildman–Crippen MR) is 111 cm³/mol. The van der Waals surface area contributed by atoms with Crippen molar-refractivity contribution in [2.24, 2.45) is 0 Å². The monoisotopic (exact) mass is 375 g/mol. The van der Waals surface area contributed by atoms with Gasteiger partial charge in [0.2, 0.25) is 0 Å². The van der Waals surface area contributed by atoms with Crippen LogP contribution in [0.3, 0.4) is 0 Å². The van der Waals surface area contributed by atoms with E-state index in [1.54, 1.807) is 4.90 Å². The Kier molecular flexibility index (Phi) is 5.29. The third-order valence-corrected chi connectivity index (χ3v) is 5.82. The van der Waals surface area contributed by atoms with Gasteiger partial charge in [-0.05, 0) is 40.5 Å². The molecule has 0 aliphatic heterocycles. The molecule has 0 saturated heterocycles. The summed E-state index contributed by atoms with van der Waals surface area (Å²) < 4.78 is 5.49. The van der Waals surface area contributed by atoms with Gasteiger partial charge in [0.15, 0.2) is 6.61 Å². The molecule has 1 fully saturated rings. The molecule has 0 heterocycles. The molecule has 0 atom stereocenters. The maximum atomic E-state index is 13.0. The summed E-state index contributed by atoms with van der Waals surface area (Å²) in [6, 6.07) is 17.9. The van der Waals surface area contributed by atoms with Crippen LogP contribution in [0, 0.1) is 0 Å². The lowest BCUT2D eigenvalue weighted by Crippen LogP contribution is -2.40. The third-order valence-electron chi connectivity index (χ3n) is 5.82. The van der Waals surface area contributed by atoms with Crippen LogP contribution in [0.25, 0.3) is 21.5 Å². The Balaban J connectivity index is 1.57. The number of nitrogens with zero attached hydrogens (tertiary/aromatic N) is 1. The lowest BCUT2D eigenvalue weighted by atomic mass is 9.94. The molecule has 1 amide bonds. The van der Waals surface area contributed by atoms with E-state index < -0.39 is 5.97 Å². The minimum atomic E-state index is -0.446. The highest BCUT2D eigenvalue weighted by Crippen LogP contribution is 2.29. The van der Waals surface area contributed by atoms with Gasteiger partial charge in [-0.1, -0.05) is 67.8 Å². The summed E-state index contributed by atoms with van der Waals surface area (Å²) in [5.74, 6) is -0.580. The summed E-state index contributed by atoms with van der Waals surface area (Å²) in [7, 11) is 1.82. The first-order valence-corrected chi connectivity index (χ1v) is 9.98. The average Bonchev–Trinajstić information content (AvgIpc) is 2.75. The zero-order chi connectivity index (χ0) is 19.5. The quantitative estimate of drug-likeness (QED) is 0.479. The summed E-state index contributed by atoms with van der Waals surface area (Å²) in [4.78, 5) is 27.3. The van der Waals surface area contributed by atoms with Crippen molar-refractivity contribution < 1.29 is 14.3 Å². The van der Waals surface area contributed by atoms with E-state index in [1.807, 2.05) is 55.6 Å². The van der Waals surface area contributed by atoms with Gasteiger partial charge in [-0.3, -0.25) is 4.79 Å². The van der Waals surface area contributed by atoms with Gasteiger partial charge in [0.05, 0.1) is 5.56 Å². The Labute approximate surface area is 165 Å². The van der Waals surface area contributed by atoms with E-state index in [9.17, 15) is 9.59 Å². The number of ether oxygens (including phenoxy) is 1. The Bertz CT molecular complexity index is 967. The first-order chi connectivity index (χ1) is 13.6. The number of esters is 1. The molecule has 0 unspecified atom stereocenters. The summed E-state index contributed by atoms with van der Waals surface area (Å²) in [5.41, 5.74) is 0.529. The number of amides is 1. The summed E-state index contributed by atoms with van der Waals surface area (Å²) in [6.45, 7) is -0.219. The van der Waals surface area contributed by atoms with Gasteiger partial charge in [-0.15, -0.1) is 0 Å². The van der Waals surface area contributed by atoms with Crippen LogP contribution in [0.4, 0.5) is 0 Å². The number of likely N-dealkylation sites (N-methyl/N-ethyl adjacent to an activating group) is 1. The molecule has 1 saturated carbocycles. The molecule has 3 aromatic rings. The third kappa shape index (κ3) is 3.59. The molecule has 4 heteroatoms. The van der Waals surface area contributed by atoms with E-state index in [-0.39, 0.29) is 18.6 Å². The fraction of sp³-hybridized carbons (Fsp3) is 0.333. The van der Waals surface area contributed by atoms with E-state index in [2.05, 4.69) is 6.07 Å². The first kappa shape index (κ1) is 18.5. The van der Waals surface area contributed by atoms with E-state index in [0.717, 1.165) is 47.2 Å². The van der Waals surface area contributed by atoms with Crippen LogP contribution in [-0.4, -0.2) is 36.5 Å². The van der Waals surface area contributed by atoms with Crippen LogP contribution < -0.4 is 0 Å². The number of hydrogen-bond acceptors (Lipinski definition) is 3. The highest BCUT2D eigenvalue weighted by Gasteiger charge is 2.24. The van der Waals surface area contributed by atoms with Crippen molar-refractivity contribution >= 4 is 33.4 Å². The average molecular weight is 375 g/mol. The number of fused-ring (bicyclic) bond motifs is 2. The van der Waals surface area contributed by atoms with Gasteiger partial charge in [-0.25, -0.2) is 4.79 Å². The van der Waals surface area contributed by atoms with Crippen LogP contribution in [0.1, 0.15) is 42.5 Å². The second-order valence-corrected chi connectivity index (χ2v) is 7.57. The maximum Gasteiger partial charge on any atom is 0.339 e. The smallest absolute Gasteiger partial charge is 0.339 e. The molecule has 0 radical (unpaired) electrons. The molecule has 1 aliphatic carbocycles. The van der Waals surface area contributed by atoms with Gasteiger partial charge in [0.1, 0.15) is 0 Å². The molecule has 28 heavy (non-hydrogen) atoms. The highest BCUT2D eigenvalue weighted by molar-refractivity contribution is 6.16. The van der Waals surface area contributed by atoms with E-state index in [4.69, 9.17) is 4.74 Å². The number of benzene rings is 3. The molecule has 144 valence electrons. The number of carbonyl (C=O) groups is 2. The number of rotatable bonds is 4. The molecule has 0 bridgehead atoms. The van der Waals surface area contributed by atoms with Gasteiger partial charge in [0, 0.05) is 13.1 Å². The minimum Gasteiger partial charge on any atom is -0.452 e. The highest BCUT2D eigenvalue weighted by atomic mass is 16.5. The molecule has 4 rings (SSSR count). The van der Waals surface area contributed by atoms with Crippen molar-refractivity contribution in [2.45, 2.75) is 38.1 Å². The number of hydrogen-bond donors (Lipinski definition) is 0. The second kappa shape index (κ2) is 8.01. The normalized spacial score (nSPS) is 14.9. The van der Waals surface area contributed by atoms with Gasteiger partial charge in [0.25, 0.3) is 5.91 Å². The van der Waals surface area contributed by atoms with Crippen LogP contribution in [0.2, 0.25) is 0 Å². The van der Waals surface area contributed by atoms with Crippen LogP contribution >= 0.6 is 0 Å². The summed E-state index contributed by atoms with van der Waals surface area (Å²) in [6.07, 6.45) is 5.62. The lowest BCUT2D eigenvalue weighted by molar-refractivity contribution is -0.135. The molecule has 0 aromatic heterocycles. The maximum absolute atomic E-state index is 13.0. The summed E-state index contributed by atoms with van der Waals surface area (Å²) >= 11 is 0. The Morgan fingerprint density at radius 3 is 2.11 bits per heavy atom. The molecule has 0 N–H and O–H groups in total. The van der Waals surface area contributed by atoms with Gasteiger partial charge in [-0.2, -0.15) is 0 Å². The molecule has 3 aromatic carbocycles.